The lowest BCUT2D eigenvalue weighted by molar-refractivity contribution is -0.124. The van der Waals surface area contributed by atoms with Gasteiger partial charge in [-0.1, -0.05) is 24.3 Å². The number of rotatable bonds is 10. The van der Waals surface area contributed by atoms with Crippen molar-refractivity contribution in [1.29, 1.82) is 0 Å². The molecule has 2 aliphatic heterocycles. The second-order valence-corrected chi connectivity index (χ2v) is 13.9. The Kier molecular flexibility index (Phi) is 9.07. The predicted octanol–water partition coefficient (Wildman–Crippen LogP) is 8.70. The summed E-state index contributed by atoms with van der Waals surface area (Å²) in [5, 5.41) is 5.69. The van der Waals surface area contributed by atoms with E-state index in [0.717, 1.165) is 56.6 Å². The fourth-order valence-corrected chi connectivity index (χ4v) is 7.17. The summed E-state index contributed by atoms with van der Waals surface area (Å²) in [4.78, 5) is 33.2. The van der Waals surface area contributed by atoms with Crippen molar-refractivity contribution >= 4 is 80.5 Å². The topological polar surface area (TPSA) is 71.2 Å². The van der Waals surface area contributed by atoms with Crippen molar-refractivity contribution in [2.75, 3.05) is 58.4 Å². The molecular weight excluding hydrogens is 667 g/mol. The van der Waals surface area contributed by atoms with Crippen molar-refractivity contribution in [1.82, 2.24) is 0 Å². The minimum absolute atomic E-state index is 0.0973. The van der Waals surface area contributed by atoms with Gasteiger partial charge in [-0.05, 0) is 108 Å². The monoisotopic (exact) mass is 704 g/mol. The van der Waals surface area contributed by atoms with Crippen LogP contribution in [0.25, 0.3) is 0 Å². The number of β-lactam (4-membered cyclic amide) rings is 2. The summed E-state index contributed by atoms with van der Waals surface area (Å²) >= 11 is 13.0. The van der Waals surface area contributed by atoms with E-state index in [4.69, 9.17) is 23.2 Å². The molecule has 5 aromatic carbocycles. The Morgan fingerprint density at radius 3 is 1.02 bits per heavy atom. The largest absolute Gasteiger partial charge is 0.378 e. The number of anilines is 8. The smallest absolute Gasteiger partial charge is 0.248 e. The third kappa shape index (κ3) is 6.32. The molecule has 2 fully saturated rings. The molecule has 2 saturated heterocycles. The Bertz CT molecular complexity index is 1840. The van der Waals surface area contributed by atoms with E-state index in [1.165, 1.54) is 0 Å². The number of carbonyl (C=O) groups is 2. The van der Waals surface area contributed by atoms with Crippen LogP contribution in [0, 0.1) is 0 Å². The third-order valence-electron chi connectivity index (χ3n) is 9.31. The maximum atomic E-state index is 12.8. The number of nitrogens with zero attached hydrogens (tertiary/aromatic N) is 4. The molecule has 0 spiro atoms. The average Bonchev–Trinajstić information content (AvgIpc) is 3.14. The van der Waals surface area contributed by atoms with Crippen LogP contribution in [0.4, 0.5) is 45.5 Å². The van der Waals surface area contributed by atoms with Gasteiger partial charge in [0.25, 0.3) is 0 Å². The molecule has 0 saturated carbocycles. The summed E-state index contributed by atoms with van der Waals surface area (Å²) in [7, 11) is 7.99. The van der Waals surface area contributed by atoms with E-state index < -0.39 is 10.8 Å². The fraction of sp³-hybridized carbons (Fsp3) is 0.200. The molecule has 50 heavy (non-hydrogen) atoms. The molecule has 0 aromatic heterocycles. The van der Waals surface area contributed by atoms with Gasteiger partial charge >= 0.3 is 0 Å². The Morgan fingerprint density at radius 1 is 0.460 bits per heavy atom. The maximum absolute atomic E-state index is 12.8. The minimum Gasteiger partial charge on any atom is -0.378 e. The molecule has 0 bridgehead atoms. The summed E-state index contributed by atoms with van der Waals surface area (Å²) in [6.07, 6.45) is 0. The number of hydrogen-bond acceptors (Lipinski definition) is 6. The molecule has 0 radical (unpaired) electrons. The Labute approximate surface area is 302 Å². The van der Waals surface area contributed by atoms with Crippen LogP contribution in [-0.4, -0.2) is 50.8 Å². The van der Waals surface area contributed by atoms with E-state index in [-0.39, 0.29) is 23.9 Å². The first-order valence-corrected chi connectivity index (χ1v) is 17.3. The lowest BCUT2D eigenvalue weighted by Gasteiger charge is -2.44. The first-order chi connectivity index (χ1) is 24.1. The standard InChI is InChI=1S/C40H38Cl2N6O2/c1-45(2)31-17-5-25(6-18-31)37-35(41)39(49)47(37)33-21-13-29(14-22-33)43-27-9-11-28(12-10-27)44-30-15-23-34(24-16-30)48-38(36(42)40(48)50)26-7-19-32(20-8-26)46(3)4/h5-24,35-38,43-44H,1-4H3. The van der Waals surface area contributed by atoms with Gasteiger partial charge < -0.3 is 30.2 Å². The lowest BCUT2D eigenvalue weighted by Crippen LogP contribution is -2.56. The van der Waals surface area contributed by atoms with Crippen molar-refractivity contribution in [2.45, 2.75) is 22.8 Å². The van der Waals surface area contributed by atoms with Gasteiger partial charge in [-0.25, -0.2) is 0 Å². The average molecular weight is 706 g/mol. The van der Waals surface area contributed by atoms with Crippen LogP contribution in [0.3, 0.4) is 0 Å². The number of nitrogens with one attached hydrogen (secondary N) is 2. The van der Waals surface area contributed by atoms with Crippen molar-refractivity contribution in [3.63, 3.8) is 0 Å². The Morgan fingerprint density at radius 2 is 0.740 bits per heavy atom. The van der Waals surface area contributed by atoms with Gasteiger partial charge in [-0.3, -0.25) is 9.59 Å². The first kappa shape index (κ1) is 33.3. The molecule has 2 N–H and O–H groups in total. The van der Waals surface area contributed by atoms with Crippen LogP contribution in [0.1, 0.15) is 23.2 Å². The molecule has 254 valence electrons. The van der Waals surface area contributed by atoms with E-state index in [0.29, 0.717) is 0 Å². The molecule has 2 heterocycles. The zero-order chi connectivity index (χ0) is 35.1. The van der Waals surface area contributed by atoms with E-state index in [2.05, 4.69) is 10.6 Å². The van der Waals surface area contributed by atoms with Crippen LogP contribution in [-0.2, 0) is 9.59 Å². The van der Waals surface area contributed by atoms with Crippen molar-refractivity contribution < 1.29 is 9.59 Å². The highest BCUT2D eigenvalue weighted by atomic mass is 35.5. The number of alkyl halides is 2. The molecule has 2 aliphatic rings. The van der Waals surface area contributed by atoms with Crippen LogP contribution in [0.15, 0.2) is 121 Å². The minimum atomic E-state index is -0.587. The summed E-state index contributed by atoms with van der Waals surface area (Å²) in [6.45, 7) is 0. The normalized spacial score (nSPS) is 19.8. The van der Waals surface area contributed by atoms with Gasteiger partial charge in [0, 0.05) is 73.7 Å². The summed E-state index contributed by atoms with van der Waals surface area (Å²) < 4.78 is 0. The number of hydrogen-bond donors (Lipinski definition) is 2. The molecule has 4 atom stereocenters. The summed E-state index contributed by atoms with van der Waals surface area (Å²) in [5.41, 5.74) is 9.46. The zero-order valence-electron chi connectivity index (χ0n) is 28.2. The van der Waals surface area contributed by atoms with Gasteiger partial charge in [-0.2, -0.15) is 0 Å². The molecule has 10 heteroatoms. The fourth-order valence-electron chi connectivity index (χ4n) is 6.44. The highest BCUT2D eigenvalue weighted by Crippen LogP contribution is 2.44. The summed E-state index contributed by atoms with van der Waals surface area (Å²) in [5.74, 6) is -0.195. The molecular formula is C40H38Cl2N6O2. The SMILES string of the molecule is CN(C)c1ccc(C2C(Cl)C(=O)N2c2ccc(Nc3ccc(Nc4ccc(N5C(=O)C(Cl)C5c5ccc(N(C)C)cc5)cc4)cc3)cc2)cc1. The third-order valence-corrected chi connectivity index (χ3v) is 10.2. The highest BCUT2D eigenvalue weighted by molar-refractivity contribution is 6.38. The maximum Gasteiger partial charge on any atom is 0.248 e. The van der Waals surface area contributed by atoms with Crippen molar-refractivity contribution in [3.05, 3.63) is 132 Å². The lowest BCUT2D eigenvalue weighted by atomic mass is 9.92. The van der Waals surface area contributed by atoms with Crippen molar-refractivity contribution in [2.24, 2.45) is 0 Å². The zero-order valence-corrected chi connectivity index (χ0v) is 29.7. The van der Waals surface area contributed by atoms with E-state index in [1.807, 2.05) is 159 Å². The predicted molar refractivity (Wildman–Crippen MR) is 207 cm³/mol. The van der Waals surface area contributed by atoms with Gasteiger partial charge in [0.2, 0.25) is 11.8 Å². The van der Waals surface area contributed by atoms with Crippen LogP contribution < -0.4 is 30.2 Å². The Balaban J connectivity index is 0.964. The van der Waals surface area contributed by atoms with Gasteiger partial charge in [0.05, 0.1) is 12.1 Å². The number of benzene rings is 5. The summed E-state index contributed by atoms with van der Waals surface area (Å²) in [6, 6.07) is 39.5. The quantitative estimate of drug-likeness (QED) is 0.112. The number of carbonyl (C=O) groups excluding carboxylic acids is 2. The second kappa shape index (κ2) is 13.6. The second-order valence-electron chi connectivity index (χ2n) is 13.0. The van der Waals surface area contributed by atoms with Crippen LogP contribution in [0.5, 0.6) is 0 Å². The van der Waals surface area contributed by atoms with Gasteiger partial charge in [-0.15, -0.1) is 23.2 Å². The van der Waals surface area contributed by atoms with E-state index >= 15 is 0 Å². The number of halogens is 2. The Hall–Kier alpha value is -5.18. The molecule has 8 nitrogen and oxygen atoms in total. The molecule has 0 aliphatic carbocycles. The molecule has 5 aromatic rings. The molecule has 2 amide bonds. The number of amides is 2. The highest BCUT2D eigenvalue weighted by Gasteiger charge is 2.48. The van der Waals surface area contributed by atoms with Crippen LogP contribution >= 0.6 is 23.2 Å². The molecule has 4 unspecified atom stereocenters. The van der Waals surface area contributed by atoms with Crippen LogP contribution in [0.2, 0.25) is 0 Å². The first-order valence-electron chi connectivity index (χ1n) is 16.4. The van der Waals surface area contributed by atoms with Crippen molar-refractivity contribution in [3.8, 4) is 0 Å². The van der Waals surface area contributed by atoms with Gasteiger partial charge in [0.1, 0.15) is 10.8 Å². The van der Waals surface area contributed by atoms with Gasteiger partial charge in [0.15, 0.2) is 0 Å². The van der Waals surface area contributed by atoms with E-state index in [9.17, 15) is 9.59 Å². The van der Waals surface area contributed by atoms with E-state index in [1.54, 1.807) is 9.80 Å². The molecule has 7 rings (SSSR count).